The summed E-state index contributed by atoms with van der Waals surface area (Å²) < 4.78 is 11.3. The molecule has 0 spiro atoms. The monoisotopic (exact) mass is 301 g/mol. The molecule has 1 aromatic carbocycles. The van der Waals surface area contributed by atoms with Crippen molar-refractivity contribution in [1.29, 1.82) is 0 Å². The number of hydrogen-bond acceptors (Lipinski definition) is 4. The fourth-order valence-corrected chi connectivity index (χ4v) is 2.68. The Morgan fingerprint density at radius 2 is 2.05 bits per heavy atom. The average Bonchev–Trinajstić information content (AvgIpc) is 3.00. The van der Waals surface area contributed by atoms with Crippen LogP contribution in [0.25, 0.3) is 11.0 Å². The van der Waals surface area contributed by atoms with Gasteiger partial charge in [0, 0.05) is 10.9 Å². The molecule has 5 nitrogen and oxygen atoms in total. The van der Waals surface area contributed by atoms with E-state index in [1.54, 1.807) is 11.0 Å². The Hall–Kier alpha value is -2.30. The summed E-state index contributed by atoms with van der Waals surface area (Å²) in [4.78, 5) is 25.4. The van der Waals surface area contributed by atoms with Gasteiger partial charge in [-0.2, -0.15) is 0 Å². The second kappa shape index (κ2) is 4.87. The Morgan fingerprint density at radius 1 is 1.32 bits per heavy atom. The Balaban J connectivity index is 1.97. The molecule has 1 amide bonds. The van der Waals surface area contributed by atoms with E-state index in [0.29, 0.717) is 23.5 Å². The van der Waals surface area contributed by atoms with E-state index < -0.39 is 6.10 Å². The molecule has 1 saturated heterocycles. The molecule has 0 N–H and O–H groups in total. The van der Waals surface area contributed by atoms with Crippen molar-refractivity contribution in [2.24, 2.45) is 0 Å². The summed E-state index contributed by atoms with van der Waals surface area (Å²) in [6, 6.07) is 7.28. The molecule has 1 fully saturated rings. The number of nitrogens with zero attached hydrogens (tertiary/aromatic N) is 1. The number of hydrogen-bond donors (Lipinski definition) is 0. The number of furan rings is 1. The minimum atomic E-state index is -0.445. The molecule has 0 unspecified atom stereocenters. The van der Waals surface area contributed by atoms with Gasteiger partial charge in [-0.05, 0) is 39.8 Å². The lowest BCUT2D eigenvalue weighted by Gasteiger charge is -2.28. The van der Waals surface area contributed by atoms with Crippen molar-refractivity contribution >= 4 is 22.8 Å². The van der Waals surface area contributed by atoms with Crippen molar-refractivity contribution in [3.8, 4) is 0 Å². The first-order valence-electron chi connectivity index (χ1n) is 7.29. The van der Waals surface area contributed by atoms with Crippen LogP contribution >= 0.6 is 0 Å². The summed E-state index contributed by atoms with van der Waals surface area (Å²) in [5.74, 6) is 0.523. The summed E-state index contributed by atoms with van der Waals surface area (Å²) in [7, 11) is 0. The lowest BCUT2D eigenvalue weighted by molar-refractivity contribution is 0.101. The Bertz CT molecular complexity index is 754. The minimum absolute atomic E-state index is 0.0498. The first-order valence-corrected chi connectivity index (χ1v) is 7.29. The summed E-state index contributed by atoms with van der Waals surface area (Å²) >= 11 is 0. The summed E-state index contributed by atoms with van der Waals surface area (Å²) in [5, 5.41) is 0.841. The van der Waals surface area contributed by atoms with Gasteiger partial charge in [0.15, 0.2) is 11.9 Å². The highest BCUT2D eigenvalue weighted by Gasteiger charge is 2.40. The minimum Gasteiger partial charge on any atom is -0.456 e. The number of ether oxygens (including phenoxy) is 1. The SMILES string of the molecule is CC(=O)c1cccc2cc([C@H]3CN(C(C)(C)C)C(=O)O3)oc12. The molecule has 3 rings (SSSR count). The summed E-state index contributed by atoms with van der Waals surface area (Å²) in [6.45, 7) is 7.83. The van der Waals surface area contributed by atoms with E-state index in [1.807, 2.05) is 39.0 Å². The predicted octanol–water partition coefficient (Wildman–Crippen LogP) is 3.93. The van der Waals surface area contributed by atoms with E-state index in [-0.39, 0.29) is 17.4 Å². The Kier molecular flexibility index (Phi) is 3.24. The molecule has 0 radical (unpaired) electrons. The molecule has 22 heavy (non-hydrogen) atoms. The second-order valence-electron chi connectivity index (χ2n) is 6.58. The number of carbonyl (C=O) groups is 2. The lowest BCUT2D eigenvalue weighted by Crippen LogP contribution is -2.41. The highest BCUT2D eigenvalue weighted by atomic mass is 16.6. The van der Waals surface area contributed by atoms with Crippen LogP contribution in [0.4, 0.5) is 4.79 Å². The number of carbonyl (C=O) groups excluding carboxylic acids is 2. The van der Waals surface area contributed by atoms with Gasteiger partial charge in [0.05, 0.1) is 12.1 Å². The molecular weight excluding hydrogens is 282 g/mol. The van der Waals surface area contributed by atoms with E-state index in [4.69, 9.17) is 9.15 Å². The second-order valence-corrected chi connectivity index (χ2v) is 6.58. The van der Waals surface area contributed by atoms with Crippen molar-refractivity contribution in [3.63, 3.8) is 0 Å². The maximum Gasteiger partial charge on any atom is 0.411 e. The first kappa shape index (κ1) is 14.6. The molecule has 0 aliphatic carbocycles. The third-order valence-corrected chi connectivity index (χ3v) is 3.88. The molecule has 116 valence electrons. The van der Waals surface area contributed by atoms with Crippen LogP contribution in [0.15, 0.2) is 28.7 Å². The number of para-hydroxylation sites is 1. The van der Waals surface area contributed by atoms with Crippen molar-refractivity contribution in [2.45, 2.75) is 39.3 Å². The smallest absolute Gasteiger partial charge is 0.411 e. The quantitative estimate of drug-likeness (QED) is 0.789. The van der Waals surface area contributed by atoms with Crippen LogP contribution in [0.5, 0.6) is 0 Å². The van der Waals surface area contributed by atoms with Gasteiger partial charge in [-0.15, -0.1) is 0 Å². The topological polar surface area (TPSA) is 59.8 Å². The van der Waals surface area contributed by atoms with E-state index >= 15 is 0 Å². The van der Waals surface area contributed by atoms with Gasteiger partial charge in [-0.1, -0.05) is 12.1 Å². The zero-order valence-electron chi connectivity index (χ0n) is 13.2. The van der Waals surface area contributed by atoms with Crippen molar-refractivity contribution in [2.75, 3.05) is 6.54 Å². The third kappa shape index (κ3) is 2.36. The highest BCUT2D eigenvalue weighted by Crippen LogP contribution is 2.34. The van der Waals surface area contributed by atoms with Crippen LogP contribution in [0.2, 0.25) is 0 Å². The van der Waals surface area contributed by atoms with Crippen LogP contribution in [0, 0.1) is 0 Å². The first-order chi connectivity index (χ1) is 10.3. The average molecular weight is 301 g/mol. The van der Waals surface area contributed by atoms with Crippen LogP contribution in [0.1, 0.15) is 49.9 Å². The number of fused-ring (bicyclic) bond motifs is 1. The van der Waals surface area contributed by atoms with Gasteiger partial charge < -0.3 is 9.15 Å². The molecule has 2 aromatic rings. The largest absolute Gasteiger partial charge is 0.456 e. The molecular formula is C17H19NO4. The molecule has 1 aromatic heterocycles. The van der Waals surface area contributed by atoms with Gasteiger partial charge in [0.1, 0.15) is 11.3 Å². The fourth-order valence-electron chi connectivity index (χ4n) is 2.68. The van der Waals surface area contributed by atoms with Crippen LogP contribution in [-0.2, 0) is 4.74 Å². The van der Waals surface area contributed by atoms with Crippen LogP contribution < -0.4 is 0 Å². The van der Waals surface area contributed by atoms with E-state index in [1.165, 1.54) is 6.92 Å². The van der Waals surface area contributed by atoms with E-state index in [9.17, 15) is 9.59 Å². The van der Waals surface area contributed by atoms with Crippen molar-refractivity contribution < 1.29 is 18.7 Å². The fraction of sp³-hybridized carbons (Fsp3) is 0.412. The molecule has 0 bridgehead atoms. The summed E-state index contributed by atoms with van der Waals surface area (Å²) in [6.07, 6.45) is -0.788. The van der Waals surface area contributed by atoms with Gasteiger partial charge in [0.25, 0.3) is 0 Å². The number of cyclic esters (lactones) is 1. The van der Waals surface area contributed by atoms with Gasteiger partial charge >= 0.3 is 6.09 Å². The predicted molar refractivity (Wildman–Crippen MR) is 81.9 cm³/mol. The molecule has 1 aliphatic heterocycles. The van der Waals surface area contributed by atoms with Gasteiger partial charge in [-0.3, -0.25) is 9.69 Å². The zero-order valence-corrected chi connectivity index (χ0v) is 13.2. The van der Waals surface area contributed by atoms with Gasteiger partial charge in [-0.25, -0.2) is 4.79 Å². The summed E-state index contributed by atoms with van der Waals surface area (Å²) in [5.41, 5.74) is 0.790. The van der Waals surface area contributed by atoms with Crippen molar-refractivity contribution in [1.82, 2.24) is 4.90 Å². The molecule has 2 heterocycles. The van der Waals surface area contributed by atoms with Crippen LogP contribution in [-0.4, -0.2) is 28.9 Å². The van der Waals surface area contributed by atoms with Crippen molar-refractivity contribution in [3.05, 3.63) is 35.6 Å². The Labute approximate surface area is 128 Å². The molecule has 1 atom stereocenters. The normalized spacial score (nSPS) is 18.8. The molecule has 1 aliphatic rings. The third-order valence-electron chi connectivity index (χ3n) is 3.88. The number of Topliss-reactive ketones (excluding diaryl/α,β-unsaturated/α-hetero) is 1. The van der Waals surface area contributed by atoms with Crippen LogP contribution in [0.3, 0.4) is 0 Å². The zero-order chi connectivity index (χ0) is 16.1. The number of benzene rings is 1. The van der Waals surface area contributed by atoms with Gasteiger partial charge in [0.2, 0.25) is 0 Å². The molecule has 5 heteroatoms. The Morgan fingerprint density at radius 3 is 2.64 bits per heavy atom. The molecule has 0 saturated carbocycles. The van der Waals surface area contributed by atoms with E-state index in [2.05, 4.69) is 0 Å². The maximum atomic E-state index is 12.0. The highest BCUT2D eigenvalue weighted by molar-refractivity contribution is 6.04. The number of ketones is 1. The number of rotatable bonds is 2. The van der Waals surface area contributed by atoms with E-state index in [0.717, 1.165) is 5.39 Å². The standard InChI is InChI=1S/C17H19NO4/c1-10(19)12-7-5-6-11-8-13(21-15(11)12)14-9-18(16(20)22-14)17(2,3)4/h5-8,14H,9H2,1-4H3/t14-/m1/s1. The maximum absolute atomic E-state index is 12.0. The lowest BCUT2D eigenvalue weighted by atomic mass is 10.1. The number of amides is 1.